The van der Waals surface area contributed by atoms with Crippen LogP contribution in [0.4, 0.5) is 0 Å². The Morgan fingerprint density at radius 3 is 2.16 bits per heavy atom. The summed E-state index contributed by atoms with van der Waals surface area (Å²) in [5, 5.41) is 2.90. The van der Waals surface area contributed by atoms with Gasteiger partial charge in [-0.05, 0) is 62.7 Å². The van der Waals surface area contributed by atoms with E-state index in [9.17, 15) is 4.79 Å². The van der Waals surface area contributed by atoms with Gasteiger partial charge in [0.2, 0.25) is 0 Å². The van der Waals surface area contributed by atoms with Gasteiger partial charge in [0, 0.05) is 12.1 Å². The van der Waals surface area contributed by atoms with E-state index in [0.29, 0.717) is 23.6 Å². The number of carbonyl (C=O) groups is 1. The molecule has 0 bridgehead atoms. The second kappa shape index (κ2) is 7.92. The van der Waals surface area contributed by atoms with Crippen LogP contribution in [0.25, 0.3) is 0 Å². The zero-order valence-electron chi connectivity index (χ0n) is 15.4. The molecule has 2 aromatic rings. The Balaban J connectivity index is 1.98. The highest BCUT2D eigenvalue weighted by Gasteiger charge is 2.12. The molecule has 0 aliphatic carbocycles. The lowest BCUT2D eigenvalue weighted by molar-refractivity contribution is 0.0950. The van der Waals surface area contributed by atoms with Crippen LogP contribution in [-0.4, -0.2) is 25.7 Å². The normalized spacial score (nSPS) is 10.9. The van der Waals surface area contributed by atoms with Gasteiger partial charge in [0.05, 0.1) is 14.2 Å². The molecule has 0 aromatic heterocycles. The number of ether oxygens (including phenoxy) is 3. The van der Waals surface area contributed by atoms with E-state index in [2.05, 4.69) is 5.32 Å². The summed E-state index contributed by atoms with van der Waals surface area (Å²) in [6.45, 7) is 6.35. The number of benzene rings is 2. The maximum Gasteiger partial charge on any atom is 0.251 e. The van der Waals surface area contributed by atoms with Gasteiger partial charge < -0.3 is 19.5 Å². The van der Waals surface area contributed by atoms with Gasteiger partial charge in [-0.2, -0.15) is 0 Å². The largest absolute Gasteiger partial charge is 0.493 e. The molecule has 0 atom stereocenters. The predicted octanol–water partition coefficient (Wildman–Crippen LogP) is 3.81. The Morgan fingerprint density at radius 2 is 1.60 bits per heavy atom. The summed E-state index contributed by atoms with van der Waals surface area (Å²) in [4.78, 5) is 12.3. The van der Waals surface area contributed by atoms with Gasteiger partial charge in [-0.25, -0.2) is 0 Å². The van der Waals surface area contributed by atoms with Crippen molar-refractivity contribution >= 4 is 5.91 Å². The van der Waals surface area contributed by atoms with Crippen molar-refractivity contribution in [2.24, 2.45) is 0 Å². The molecule has 0 heterocycles. The third-order valence-corrected chi connectivity index (χ3v) is 3.44. The average molecular weight is 343 g/mol. The molecular weight excluding hydrogens is 318 g/mol. The molecule has 2 aromatic carbocycles. The summed E-state index contributed by atoms with van der Waals surface area (Å²) < 4.78 is 16.2. The predicted molar refractivity (Wildman–Crippen MR) is 97.5 cm³/mol. The Kier molecular flexibility index (Phi) is 5.91. The van der Waals surface area contributed by atoms with Gasteiger partial charge in [-0.15, -0.1) is 0 Å². The van der Waals surface area contributed by atoms with E-state index in [0.717, 1.165) is 11.3 Å². The standard InChI is InChI=1S/C20H25NO4/c1-20(2,3)25-16-9-7-15(8-10-16)19(22)21-13-14-6-11-17(23-4)18(12-14)24-5/h6-12H,13H2,1-5H3,(H,21,22). The maximum atomic E-state index is 12.3. The molecule has 0 fully saturated rings. The Bertz CT molecular complexity index is 717. The van der Waals surface area contributed by atoms with E-state index in [1.54, 1.807) is 38.5 Å². The van der Waals surface area contributed by atoms with Gasteiger partial charge in [-0.1, -0.05) is 6.07 Å². The quantitative estimate of drug-likeness (QED) is 0.866. The first-order valence-corrected chi connectivity index (χ1v) is 8.10. The summed E-state index contributed by atoms with van der Waals surface area (Å²) in [5.41, 5.74) is 1.25. The highest BCUT2D eigenvalue weighted by Crippen LogP contribution is 2.27. The molecule has 0 spiro atoms. The second-order valence-electron chi connectivity index (χ2n) is 6.61. The fraction of sp³-hybridized carbons (Fsp3) is 0.350. The fourth-order valence-corrected chi connectivity index (χ4v) is 2.30. The Labute approximate surface area is 148 Å². The van der Waals surface area contributed by atoms with E-state index in [4.69, 9.17) is 14.2 Å². The van der Waals surface area contributed by atoms with Crippen LogP contribution in [0.15, 0.2) is 42.5 Å². The van der Waals surface area contributed by atoms with Gasteiger partial charge >= 0.3 is 0 Å². The first kappa shape index (κ1) is 18.6. The maximum absolute atomic E-state index is 12.3. The number of methoxy groups -OCH3 is 2. The first-order chi connectivity index (χ1) is 11.8. The van der Waals surface area contributed by atoms with Crippen molar-refractivity contribution < 1.29 is 19.0 Å². The second-order valence-corrected chi connectivity index (χ2v) is 6.61. The van der Waals surface area contributed by atoms with E-state index >= 15 is 0 Å². The molecule has 134 valence electrons. The number of rotatable bonds is 6. The minimum atomic E-state index is -0.267. The van der Waals surface area contributed by atoms with Gasteiger partial charge in [0.25, 0.3) is 5.91 Å². The van der Waals surface area contributed by atoms with E-state index in [-0.39, 0.29) is 11.5 Å². The monoisotopic (exact) mass is 343 g/mol. The van der Waals surface area contributed by atoms with Gasteiger partial charge in [-0.3, -0.25) is 4.79 Å². The molecule has 5 nitrogen and oxygen atoms in total. The number of nitrogens with one attached hydrogen (secondary N) is 1. The molecule has 2 rings (SSSR count). The molecule has 1 amide bonds. The summed E-state index contributed by atoms with van der Waals surface area (Å²) in [7, 11) is 3.17. The summed E-state index contributed by atoms with van der Waals surface area (Å²) >= 11 is 0. The number of carbonyl (C=O) groups excluding carboxylic acids is 1. The lowest BCUT2D eigenvalue weighted by Gasteiger charge is -2.21. The molecule has 0 radical (unpaired) electrons. The van der Waals surface area contributed by atoms with Gasteiger partial charge in [0.1, 0.15) is 11.4 Å². The van der Waals surface area contributed by atoms with Crippen LogP contribution in [0.5, 0.6) is 17.2 Å². The van der Waals surface area contributed by atoms with Crippen LogP contribution in [0, 0.1) is 0 Å². The van der Waals surface area contributed by atoms with Crippen molar-refractivity contribution in [1.29, 1.82) is 0 Å². The molecule has 5 heteroatoms. The van der Waals surface area contributed by atoms with E-state index in [1.807, 2.05) is 39.0 Å². The van der Waals surface area contributed by atoms with Crippen LogP contribution < -0.4 is 19.5 Å². The Morgan fingerprint density at radius 1 is 0.960 bits per heavy atom. The van der Waals surface area contributed by atoms with Crippen molar-refractivity contribution in [1.82, 2.24) is 5.32 Å². The molecule has 25 heavy (non-hydrogen) atoms. The molecule has 0 aliphatic heterocycles. The summed E-state index contributed by atoms with van der Waals surface area (Å²) in [6, 6.07) is 12.7. The average Bonchev–Trinajstić information content (AvgIpc) is 2.58. The van der Waals surface area contributed by atoms with Crippen LogP contribution in [0.3, 0.4) is 0 Å². The molecular formula is C20H25NO4. The smallest absolute Gasteiger partial charge is 0.251 e. The summed E-state index contributed by atoms with van der Waals surface area (Å²) in [6.07, 6.45) is 0. The topological polar surface area (TPSA) is 56.8 Å². The highest BCUT2D eigenvalue weighted by molar-refractivity contribution is 5.94. The number of amides is 1. The van der Waals surface area contributed by atoms with Crippen molar-refractivity contribution in [2.75, 3.05) is 14.2 Å². The van der Waals surface area contributed by atoms with Crippen LogP contribution in [-0.2, 0) is 6.54 Å². The number of hydrogen-bond acceptors (Lipinski definition) is 4. The molecule has 0 saturated heterocycles. The van der Waals surface area contributed by atoms with Crippen molar-refractivity contribution in [3.05, 3.63) is 53.6 Å². The minimum Gasteiger partial charge on any atom is -0.493 e. The molecule has 0 saturated carbocycles. The minimum absolute atomic E-state index is 0.142. The zero-order valence-corrected chi connectivity index (χ0v) is 15.4. The van der Waals surface area contributed by atoms with Crippen molar-refractivity contribution in [3.8, 4) is 17.2 Å². The fourth-order valence-electron chi connectivity index (χ4n) is 2.30. The lowest BCUT2D eigenvalue weighted by Crippen LogP contribution is -2.24. The van der Waals surface area contributed by atoms with Crippen molar-refractivity contribution in [3.63, 3.8) is 0 Å². The van der Waals surface area contributed by atoms with Crippen LogP contribution in [0.1, 0.15) is 36.7 Å². The van der Waals surface area contributed by atoms with Crippen LogP contribution in [0.2, 0.25) is 0 Å². The molecule has 0 aliphatic rings. The SMILES string of the molecule is COc1ccc(CNC(=O)c2ccc(OC(C)(C)C)cc2)cc1OC. The third kappa shape index (κ3) is 5.41. The van der Waals surface area contributed by atoms with Crippen LogP contribution >= 0.6 is 0 Å². The first-order valence-electron chi connectivity index (χ1n) is 8.10. The Hall–Kier alpha value is -2.69. The third-order valence-electron chi connectivity index (χ3n) is 3.44. The van der Waals surface area contributed by atoms with Crippen molar-refractivity contribution in [2.45, 2.75) is 32.9 Å². The lowest BCUT2D eigenvalue weighted by atomic mass is 10.1. The van der Waals surface area contributed by atoms with Gasteiger partial charge in [0.15, 0.2) is 11.5 Å². The zero-order chi connectivity index (χ0) is 18.4. The van der Waals surface area contributed by atoms with E-state index < -0.39 is 0 Å². The summed E-state index contributed by atoms with van der Waals surface area (Å²) in [5.74, 6) is 1.89. The number of hydrogen-bond donors (Lipinski definition) is 1. The van der Waals surface area contributed by atoms with E-state index in [1.165, 1.54) is 0 Å². The molecule has 1 N–H and O–H groups in total. The highest BCUT2D eigenvalue weighted by atomic mass is 16.5. The molecule has 0 unspecified atom stereocenters.